The monoisotopic (exact) mass is 503 g/mol. The fourth-order valence-corrected chi connectivity index (χ4v) is 5.22. The van der Waals surface area contributed by atoms with Gasteiger partial charge in [-0.2, -0.15) is 0 Å². The van der Waals surface area contributed by atoms with Crippen LogP contribution in [-0.2, 0) is 11.3 Å². The second-order valence-electron chi connectivity index (χ2n) is 8.12. The van der Waals surface area contributed by atoms with E-state index in [-0.39, 0.29) is 5.97 Å². The number of carbonyl (C=O) groups excluding carboxylic acids is 2. The van der Waals surface area contributed by atoms with Crippen molar-refractivity contribution in [3.8, 4) is 20.9 Å². The first-order valence-corrected chi connectivity index (χ1v) is 12.5. The first-order valence-electron chi connectivity index (χ1n) is 10.9. The molecule has 2 aromatic carbocycles. The molecule has 0 saturated carbocycles. The molecule has 0 amide bonds. The summed E-state index contributed by atoms with van der Waals surface area (Å²) in [6.45, 7) is 0.706. The molecule has 0 radical (unpaired) electrons. The molecule has 4 rings (SSSR count). The van der Waals surface area contributed by atoms with Crippen LogP contribution in [0.1, 0.15) is 26.3 Å². The molecule has 0 unspecified atom stereocenters. The fourth-order valence-electron chi connectivity index (χ4n) is 3.55. The summed E-state index contributed by atoms with van der Waals surface area (Å²) in [6, 6.07) is 19.5. The van der Waals surface area contributed by atoms with Crippen LogP contribution in [0.15, 0.2) is 78.0 Å². The van der Waals surface area contributed by atoms with E-state index >= 15 is 0 Å². The predicted octanol–water partition coefficient (Wildman–Crippen LogP) is 6.26. The van der Waals surface area contributed by atoms with Gasteiger partial charge in [-0.05, 0) is 79.6 Å². The van der Waals surface area contributed by atoms with Crippen molar-refractivity contribution in [3.63, 3.8) is 0 Å². The molecule has 1 N–H and O–H groups in total. The Bertz CT molecular complexity index is 1350. The molecule has 8 heteroatoms. The van der Waals surface area contributed by atoms with Crippen LogP contribution < -0.4 is 4.72 Å². The van der Waals surface area contributed by atoms with Crippen molar-refractivity contribution in [1.29, 1.82) is 0 Å². The van der Waals surface area contributed by atoms with Crippen LogP contribution in [0.5, 0.6) is 0 Å². The highest BCUT2D eigenvalue weighted by Gasteiger charge is 2.11. The van der Waals surface area contributed by atoms with Gasteiger partial charge in [-0.3, -0.25) is 9.78 Å². The molecule has 2 aromatic heterocycles. The zero-order valence-corrected chi connectivity index (χ0v) is 21.3. The summed E-state index contributed by atoms with van der Waals surface area (Å²) in [5, 5.41) is 0. The topological polar surface area (TPSA) is 71.5 Å². The van der Waals surface area contributed by atoms with Crippen LogP contribution in [0.4, 0.5) is 5.69 Å². The Morgan fingerprint density at radius 3 is 2.60 bits per heavy atom. The number of anilines is 1. The number of nitrogens with one attached hydrogen (secondary N) is 1. The molecule has 178 valence electrons. The van der Waals surface area contributed by atoms with Gasteiger partial charge in [0.05, 0.1) is 24.6 Å². The van der Waals surface area contributed by atoms with Crippen molar-refractivity contribution < 1.29 is 14.3 Å². The molecule has 2 heterocycles. The zero-order chi connectivity index (χ0) is 24.8. The average Bonchev–Trinajstić information content (AvgIpc) is 3.37. The highest BCUT2D eigenvalue weighted by molar-refractivity contribution is 8.00. The lowest BCUT2D eigenvalue weighted by Crippen LogP contribution is -2.12. The Labute approximate surface area is 213 Å². The van der Waals surface area contributed by atoms with E-state index in [0.717, 1.165) is 48.9 Å². The van der Waals surface area contributed by atoms with Crippen molar-refractivity contribution in [2.75, 3.05) is 25.9 Å². The number of benzene rings is 2. The SMILES string of the molecule is COC(=O)c1cccc(SNc2cncc(-c3ccc(-c4ccc(C=O)c(CN(C)C)c4)s3)c2)c1. The maximum absolute atomic E-state index is 11.8. The lowest BCUT2D eigenvalue weighted by atomic mass is 10.0. The molecule has 0 saturated heterocycles. The summed E-state index contributed by atoms with van der Waals surface area (Å²) in [7, 11) is 5.36. The number of nitrogens with zero attached hydrogens (tertiary/aromatic N) is 2. The van der Waals surface area contributed by atoms with Crippen molar-refractivity contribution in [1.82, 2.24) is 9.88 Å². The molecular weight excluding hydrogens is 478 g/mol. The minimum Gasteiger partial charge on any atom is -0.465 e. The summed E-state index contributed by atoms with van der Waals surface area (Å²) >= 11 is 3.09. The zero-order valence-electron chi connectivity index (χ0n) is 19.6. The molecule has 6 nitrogen and oxygen atoms in total. The highest BCUT2D eigenvalue weighted by Crippen LogP contribution is 2.36. The van der Waals surface area contributed by atoms with E-state index in [0.29, 0.717) is 12.1 Å². The van der Waals surface area contributed by atoms with Crippen molar-refractivity contribution in [2.45, 2.75) is 11.4 Å². The smallest absolute Gasteiger partial charge is 0.337 e. The lowest BCUT2D eigenvalue weighted by Gasteiger charge is -2.12. The third kappa shape index (κ3) is 6.16. The number of hydrogen-bond acceptors (Lipinski definition) is 8. The van der Waals surface area contributed by atoms with E-state index in [1.807, 2.05) is 50.6 Å². The van der Waals surface area contributed by atoms with Gasteiger partial charge in [-0.15, -0.1) is 11.3 Å². The van der Waals surface area contributed by atoms with Gasteiger partial charge < -0.3 is 14.4 Å². The molecule has 0 bridgehead atoms. The number of pyridine rings is 1. The van der Waals surface area contributed by atoms with Crippen molar-refractivity contribution >= 4 is 41.2 Å². The van der Waals surface area contributed by atoms with Crippen LogP contribution in [0.2, 0.25) is 0 Å². The van der Waals surface area contributed by atoms with Gasteiger partial charge in [-0.25, -0.2) is 4.79 Å². The molecular formula is C27H25N3O3S2. The summed E-state index contributed by atoms with van der Waals surface area (Å²) in [6.07, 6.45) is 4.52. The number of thiophene rings is 1. The first kappa shape index (κ1) is 24.7. The molecule has 0 spiro atoms. The van der Waals surface area contributed by atoms with Crippen LogP contribution in [-0.4, -0.2) is 43.3 Å². The number of aromatic nitrogens is 1. The maximum Gasteiger partial charge on any atom is 0.337 e. The van der Waals surface area contributed by atoms with Gasteiger partial charge in [0.1, 0.15) is 6.29 Å². The fraction of sp³-hybridized carbons (Fsp3) is 0.148. The lowest BCUT2D eigenvalue weighted by molar-refractivity contribution is 0.0600. The summed E-state index contributed by atoms with van der Waals surface area (Å²) < 4.78 is 8.09. The molecule has 0 aliphatic heterocycles. The quantitative estimate of drug-likeness (QED) is 0.164. The first-order chi connectivity index (χ1) is 17.0. The molecule has 0 aliphatic carbocycles. The number of hydrogen-bond donors (Lipinski definition) is 1. The largest absolute Gasteiger partial charge is 0.465 e. The molecule has 35 heavy (non-hydrogen) atoms. The van der Waals surface area contributed by atoms with Crippen molar-refractivity contribution in [2.24, 2.45) is 0 Å². The third-order valence-electron chi connectivity index (χ3n) is 5.21. The second kappa shape index (κ2) is 11.3. The normalized spacial score (nSPS) is 10.9. The molecule has 0 atom stereocenters. The third-order valence-corrected chi connectivity index (χ3v) is 7.22. The number of carbonyl (C=O) groups is 2. The van der Waals surface area contributed by atoms with Gasteiger partial charge in [-0.1, -0.05) is 18.2 Å². The van der Waals surface area contributed by atoms with Gasteiger partial charge in [0.2, 0.25) is 0 Å². The van der Waals surface area contributed by atoms with Crippen LogP contribution in [0, 0.1) is 0 Å². The minimum absolute atomic E-state index is 0.362. The number of ether oxygens (including phenoxy) is 1. The number of rotatable bonds is 9. The van der Waals surface area contributed by atoms with E-state index in [2.05, 4.69) is 32.8 Å². The van der Waals surface area contributed by atoms with Gasteiger partial charge in [0.15, 0.2) is 0 Å². The number of methoxy groups -OCH3 is 1. The van der Waals surface area contributed by atoms with Crippen LogP contribution in [0.3, 0.4) is 0 Å². The summed E-state index contributed by atoms with van der Waals surface area (Å²) in [5.74, 6) is -0.362. The van der Waals surface area contributed by atoms with E-state index in [4.69, 9.17) is 4.74 Å². The van der Waals surface area contributed by atoms with Gasteiger partial charge >= 0.3 is 5.97 Å². The Morgan fingerprint density at radius 1 is 1.06 bits per heavy atom. The van der Waals surface area contributed by atoms with Crippen molar-refractivity contribution in [3.05, 3.63) is 89.7 Å². The Morgan fingerprint density at radius 2 is 1.86 bits per heavy atom. The van der Waals surface area contributed by atoms with E-state index < -0.39 is 0 Å². The molecule has 0 aliphatic rings. The predicted molar refractivity (Wildman–Crippen MR) is 143 cm³/mol. The average molecular weight is 504 g/mol. The van der Waals surface area contributed by atoms with Gasteiger partial charge in [0.25, 0.3) is 0 Å². The second-order valence-corrected chi connectivity index (χ2v) is 10.1. The van der Waals surface area contributed by atoms with Crippen LogP contribution in [0.25, 0.3) is 20.9 Å². The van der Waals surface area contributed by atoms with E-state index in [9.17, 15) is 9.59 Å². The Kier molecular flexibility index (Phi) is 7.97. The van der Waals surface area contributed by atoms with Gasteiger partial charge in [0, 0.05) is 38.5 Å². The minimum atomic E-state index is -0.362. The number of esters is 1. The molecule has 4 aromatic rings. The highest BCUT2D eigenvalue weighted by atomic mass is 32.2. The van der Waals surface area contributed by atoms with Crippen LogP contribution >= 0.6 is 23.3 Å². The van der Waals surface area contributed by atoms with E-state index in [1.54, 1.807) is 29.7 Å². The summed E-state index contributed by atoms with van der Waals surface area (Å²) in [5.41, 5.74) is 5.19. The standard InChI is InChI=1S/C27H25N3O3S2/c1-30(2)16-22-11-18(7-8-20(22)17-31)25-9-10-26(34-25)21-12-23(15-28-14-21)29-35-24-6-4-5-19(13-24)27(32)33-3/h4-15,17,29H,16H2,1-3H3. The number of aldehydes is 1. The Balaban J connectivity index is 1.51. The maximum atomic E-state index is 11.8. The summed E-state index contributed by atoms with van der Waals surface area (Å²) in [4.78, 5) is 32.8. The molecule has 0 fully saturated rings. The Hall–Kier alpha value is -3.46. The van der Waals surface area contributed by atoms with E-state index in [1.165, 1.54) is 19.1 Å².